The quantitative estimate of drug-likeness (QED) is 0.789. The molecular formula is C15H30N2OS. The lowest BCUT2D eigenvalue weighted by atomic mass is 9.87. The second kappa shape index (κ2) is 5.66. The second-order valence-electron chi connectivity index (χ2n) is 7.68. The van der Waals surface area contributed by atoms with E-state index in [1.807, 2.05) is 0 Å². The lowest BCUT2D eigenvalue weighted by Gasteiger charge is -2.47. The molecule has 0 bridgehead atoms. The predicted molar refractivity (Wildman–Crippen MR) is 85.5 cm³/mol. The Hall–Kier alpha value is -0.190. The molecule has 1 aliphatic rings. The van der Waals surface area contributed by atoms with Crippen LogP contribution in [0.3, 0.4) is 0 Å². The van der Waals surface area contributed by atoms with E-state index >= 15 is 0 Å². The molecule has 1 heterocycles. The molecule has 1 saturated heterocycles. The van der Waals surface area contributed by atoms with Crippen molar-refractivity contribution in [3.63, 3.8) is 0 Å². The highest BCUT2D eigenvalue weighted by Crippen LogP contribution is 2.29. The molecule has 2 N–H and O–H groups in total. The van der Waals surface area contributed by atoms with E-state index in [0.717, 1.165) is 32.5 Å². The fraction of sp³-hybridized carbons (Fsp3) is 0.933. The number of thiocarbonyl (C=S) groups is 1. The van der Waals surface area contributed by atoms with E-state index < -0.39 is 0 Å². The molecule has 4 heteroatoms. The average Bonchev–Trinajstić information content (AvgIpc) is 2.11. The molecule has 0 atom stereocenters. The van der Waals surface area contributed by atoms with Crippen LogP contribution in [-0.2, 0) is 4.74 Å². The molecule has 1 rings (SSSR count). The lowest BCUT2D eigenvalue weighted by molar-refractivity contribution is -0.180. The molecule has 0 aliphatic carbocycles. The molecule has 0 radical (unpaired) electrons. The van der Waals surface area contributed by atoms with Crippen molar-refractivity contribution in [1.82, 2.24) is 4.90 Å². The number of nitrogens with zero attached hydrogens (tertiary/aromatic N) is 1. The molecule has 0 saturated carbocycles. The van der Waals surface area contributed by atoms with Crippen molar-refractivity contribution in [2.24, 2.45) is 11.1 Å². The highest BCUT2D eigenvalue weighted by molar-refractivity contribution is 7.80. The minimum atomic E-state index is -0.0690. The number of ether oxygens (including phenoxy) is 1. The van der Waals surface area contributed by atoms with Gasteiger partial charge in [0.05, 0.1) is 16.2 Å². The molecule has 1 fully saturated rings. The van der Waals surface area contributed by atoms with Gasteiger partial charge in [-0.1, -0.05) is 26.1 Å². The van der Waals surface area contributed by atoms with Crippen LogP contribution >= 0.6 is 12.2 Å². The Kier molecular flexibility index (Phi) is 5.03. The summed E-state index contributed by atoms with van der Waals surface area (Å²) >= 11 is 5.12. The van der Waals surface area contributed by atoms with E-state index in [9.17, 15) is 0 Å². The summed E-state index contributed by atoms with van der Waals surface area (Å²) in [4.78, 5) is 3.12. The van der Waals surface area contributed by atoms with Crippen molar-refractivity contribution >= 4 is 17.2 Å². The maximum atomic E-state index is 6.09. The number of morpholine rings is 1. The minimum absolute atomic E-state index is 0.0351. The molecule has 0 unspecified atom stereocenters. The molecule has 19 heavy (non-hydrogen) atoms. The third-order valence-corrected chi connectivity index (χ3v) is 4.26. The molecule has 112 valence electrons. The normalized spacial score (nSPS) is 23.3. The van der Waals surface area contributed by atoms with Gasteiger partial charge in [-0.05, 0) is 47.1 Å². The summed E-state index contributed by atoms with van der Waals surface area (Å²) in [5.41, 5.74) is 5.60. The summed E-state index contributed by atoms with van der Waals surface area (Å²) in [5.74, 6) is 0. The van der Waals surface area contributed by atoms with Gasteiger partial charge in [0, 0.05) is 18.5 Å². The van der Waals surface area contributed by atoms with Crippen LogP contribution in [-0.4, -0.2) is 40.7 Å². The van der Waals surface area contributed by atoms with E-state index in [1.165, 1.54) is 0 Å². The Balaban J connectivity index is 2.47. The van der Waals surface area contributed by atoms with Crippen LogP contribution in [0.4, 0.5) is 0 Å². The van der Waals surface area contributed by atoms with Gasteiger partial charge in [0.2, 0.25) is 0 Å². The SMILES string of the molecule is CC1(C)CN(CCCC(C)(C)C(N)=S)CC(C)(C)O1. The highest BCUT2D eigenvalue weighted by atomic mass is 32.1. The first-order valence-corrected chi connectivity index (χ1v) is 7.57. The third kappa shape index (κ3) is 5.36. The van der Waals surface area contributed by atoms with Gasteiger partial charge in [-0.2, -0.15) is 0 Å². The fourth-order valence-electron chi connectivity index (χ4n) is 2.97. The Morgan fingerprint density at radius 1 is 1.21 bits per heavy atom. The van der Waals surface area contributed by atoms with Gasteiger partial charge < -0.3 is 10.5 Å². The standard InChI is InChI=1S/C15H30N2OS/c1-13(2,12(16)19)8-7-9-17-10-14(3,4)18-15(5,6)11-17/h7-11H2,1-6H3,(H2,16,19). The topological polar surface area (TPSA) is 38.5 Å². The van der Waals surface area contributed by atoms with Crippen LogP contribution in [0.5, 0.6) is 0 Å². The Labute approximate surface area is 123 Å². The first kappa shape index (κ1) is 16.9. The van der Waals surface area contributed by atoms with Gasteiger partial charge in [0.25, 0.3) is 0 Å². The zero-order chi connectivity index (χ0) is 14.9. The second-order valence-corrected chi connectivity index (χ2v) is 8.12. The van der Waals surface area contributed by atoms with Crippen molar-refractivity contribution in [1.29, 1.82) is 0 Å². The third-order valence-electron chi connectivity index (χ3n) is 3.70. The van der Waals surface area contributed by atoms with Crippen molar-refractivity contribution in [2.75, 3.05) is 19.6 Å². The minimum Gasteiger partial charge on any atom is -0.393 e. The Bertz CT molecular complexity index is 321. The van der Waals surface area contributed by atoms with Crippen LogP contribution in [0.25, 0.3) is 0 Å². The number of hydrogen-bond donors (Lipinski definition) is 1. The van der Waals surface area contributed by atoms with E-state index in [4.69, 9.17) is 22.7 Å². The fourth-order valence-corrected chi connectivity index (χ4v) is 3.07. The zero-order valence-electron chi connectivity index (χ0n) is 13.4. The van der Waals surface area contributed by atoms with Crippen molar-refractivity contribution in [3.05, 3.63) is 0 Å². The van der Waals surface area contributed by atoms with Crippen LogP contribution in [0.1, 0.15) is 54.4 Å². The summed E-state index contributed by atoms with van der Waals surface area (Å²) in [7, 11) is 0. The largest absolute Gasteiger partial charge is 0.393 e. The van der Waals surface area contributed by atoms with E-state index in [-0.39, 0.29) is 16.6 Å². The first-order valence-electron chi connectivity index (χ1n) is 7.16. The zero-order valence-corrected chi connectivity index (χ0v) is 14.2. The predicted octanol–water partition coefficient (Wildman–Crippen LogP) is 2.97. The first-order chi connectivity index (χ1) is 8.44. The van der Waals surface area contributed by atoms with Gasteiger partial charge in [0.15, 0.2) is 0 Å². The molecule has 0 aromatic heterocycles. The molecule has 0 aromatic carbocycles. The summed E-state index contributed by atoms with van der Waals surface area (Å²) in [6, 6.07) is 0. The van der Waals surface area contributed by atoms with Gasteiger partial charge in [-0.3, -0.25) is 4.90 Å². The van der Waals surface area contributed by atoms with Crippen LogP contribution in [0, 0.1) is 5.41 Å². The van der Waals surface area contributed by atoms with Crippen molar-refractivity contribution in [3.8, 4) is 0 Å². The number of nitrogens with two attached hydrogens (primary N) is 1. The van der Waals surface area contributed by atoms with Crippen molar-refractivity contribution < 1.29 is 4.74 Å². The van der Waals surface area contributed by atoms with Gasteiger partial charge in [-0.15, -0.1) is 0 Å². The van der Waals surface area contributed by atoms with Gasteiger partial charge in [-0.25, -0.2) is 0 Å². The Morgan fingerprint density at radius 3 is 2.11 bits per heavy atom. The molecule has 0 amide bonds. The Morgan fingerprint density at radius 2 is 1.68 bits per heavy atom. The maximum absolute atomic E-state index is 6.09. The average molecular weight is 286 g/mol. The molecule has 3 nitrogen and oxygen atoms in total. The molecule has 0 aromatic rings. The van der Waals surface area contributed by atoms with E-state index in [1.54, 1.807) is 0 Å². The van der Waals surface area contributed by atoms with E-state index in [2.05, 4.69) is 46.4 Å². The summed E-state index contributed by atoms with van der Waals surface area (Å²) in [6.07, 6.45) is 2.16. The molecule has 1 aliphatic heterocycles. The van der Waals surface area contributed by atoms with Crippen LogP contribution in [0.2, 0.25) is 0 Å². The lowest BCUT2D eigenvalue weighted by Crippen LogP contribution is -2.57. The smallest absolute Gasteiger partial charge is 0.0784 e. The van der Waals surface area contributed by atoms with E-state index in [0.29, 0.717) is 4.99 Å². The summed E-state index contributed by atoms with van der Waals surface area (Å²) in [5, 5.41) is 0. The summed E-state index contributed by atoms with van der Waals surface area (Å²) in [6.45, 7) is 16.0. The maximum Gasteiger partial charge on any atom is 0.0784 e. The number of hydrogen-bond acceptors (Lipinski definition) is 3. The van der Waals surface area contributed by atoms with Crippen LogP contribution in [0.15, 0.2) is 0 Å². The molecular weight excluding hydrogens is 256 g/mol. The van der Waals surface area contributed by atoms with Crippen molar-refractivity contribution in [2.45, 2.75) is 65.6 Å². The van der Waals surface area contributed by atoms with Crippen LogP contribution < -0.4 is 5.73 Å². The molecule has 0 spiro atoms. The highest BCUT2D eigenvalue weighted by Gasteiger charge is 2.37. The van der Waals surface area contributed by atoms with Gasteiger partial charge >= 0.3 is 0 Å². The monoisotopic (exact) mass is 286 g/mol. The number of rotatable bonds is 5. The van der Waals surface area contributed by atoms with Gasteiger partial charge in [0.1, 0.15) is 0 Å². The summed E-state index contributed by atoms with van der Waals surface area (Å²) < 4.78 is 6.09.